The number of benzene rings is 1. The fourth-order valence-corrected chi connectivity index (χ4v) is 2.85. The number of carbonyl (C=O) groups excluding carboxylic acids is 3. The number of anilines is 1. The number of rotatable bonds is 6. The van der Waals surface area contributed by atoms with E-state index in [9.17, 15) is 14.4 Å². The molecular formula is C18H25N3O4. The van der Waals surface area contributed by atoms with Crippen molar-refractivity contribution in [1.29, 1.82) is 0 Å². The topological polar surface area (TPSA) is 96.5 Å². The van der Waals surface area contributed by atoms with Gasteiger partial charge in [0, 0.05) is 24.7 Å². The van der Waals surface area contributed by atoms with E-state index in [1.165, 1.54) is 19.6 Å². The standard InChI is InChI=1S/C18H25N3O4/c1-25-17(23)13-6-5-9-15(12-13)21-18(24)19-11-10-16(22)20-14-7-3-2-4-8-14/h5-6,9,12,14H,2-4,7-8,10-11H2,1H3,(H,20,22)(H2,19,21,24). The van der Waals surface area contributed by atoms with Gasteiger partial charge in [-0.1, -0.05) is 25.3 Å². The van der Waals surface area contributed by atoms with Crippen LogP contribution >= 0.6 is 0 Å². The van der Waals surface area contributed by atoms with Gasteiger partial charge in [0.1, 0.15) is 0 Å². The maximum Gasteiger partial charge on any atom is 0.337 e. The average molecular weight is 347 g/mol. The first-order valence-corrected chi connectivity index (χ1v) is 8.61. The minimum atomic E-state index is -0.469. The molecule has 0 unspecified atom stereocenters. The summed E-state index contributed by atoms with van der Waals surface area (Å²) >= 11 is 0. The fraction of sp³-hybridized carbons (Fsp3) is 0.500. The van der Waals surface area contributed by atoms with Gasteiger partial charge in [-0.05, 0) is 31.0 Å². The van der Waals surface area contributed by atoms with E-state index in [0.717, 1.165) is 25.7 Å². The first-order valence-electron chi connectivity index (χ1n) is 8.61. The Balaban J connectivity index is 1.70. The molecule has 1 fully saturated rings. The molecule has 0 heterocycles. The van der Waals surface area contributed by atoms with Crippen molar-refractivity contribution in [1.82, 2.24) is 10.6 Å². The molecule has 0 spiro atoms. The monoisotopic (exact) mass is 347 g/mol. The first-order chi connectivity index (χ1) is 12.1. The summed E-state index contributed by atoms with van der Waals surface area (Å²) in [5, 5.41) is 8.27. The Morgan fingerprint density at radius 3 is 2.64 bits per heavy atom. The molecule has 136 valence electrons. The lowest BCUT2D eigenvalue weighted by atomic mass is 9.95. The van der Waals surface area contributed by atoms with Crippen LogP contribution in [0.1, 0.15) is 48.9 Å². The van der Waals surface area contributed by atoms with Crippen LogP contribution in [0.2, 0.25) is 0 Å². The van der Waals surface area contributed by atoms with Crippen LogP contribution in [0.15, 0.2) is 24.3 Å². The fourth-order valence-electron chi connectivity index (χ4n) is 2.85. The van der Waals surface area contributed by atoms with Crippen molar-refractivity contribution < 1.29 is 19.1 Å². The van der Waals surface area contributed by atoms with E-state index >= 15 is 0 Å². The van der Waals surface area contributed by atoms with Crippen LogP contribution in [0.5, 0.6) is 0 Å². The third-order valence-corrected chi connectivity index (χ3v) is 4.15. The highest BCUT2D eigenvalue weighted by molar-refractivity contribution is 5.94. The van der Waals surface area contributed by atoms with Gasteiger partial charge in [-0.3, -0.25) is 4.79 Å². The summed E-state index contributed by atoms with van der Waals surface area (Å²) in [6.07, 6.45) is 5.89. The van der Waals surface area contributed by atoms with Crippen molar-refractivity contribution in [2.75, 3.05) is 19.0 Å². The lowest BCUT2D eigenvalue weighted by Crippen LogP contribution is -2.38. The number of hydrogen-bond acceptors (Lipinski definition) is 4. The third-order valence-electron chi connectivity index (χ3n) is 4.15. The number of urea groups is 1. The van der Waals surface area contributed by atoms with Gasteiger partial charge >= 0.3 is 12.0 Å². The van der Waals surface area contributed by atoms with Crippen LogP contribution in [-0.4, -0.2) is 37.6 Å². The van der Waals surface area contributed by atoms with Crippen molar-refractivity contribution in [3.63, 3.8) is 0 Å². The second kappa shape index (κ2) is 9.66. The first kappa shape index (κ1) is 18.8. The van der Waals surface area contributed by atoms with Crippen molar-refractivity contribution >= 4 is 23.6 Å². The zero-order chi connectivity index (χ0) is 18.1. The number of nitrogens with one attached hydrogen (secondary N) is 3. The molecule has 0 saturated heterocycles. The van der Waals surface area contributed by atoms with E-state index in [2.05, 4.69) is 20.7 Å². The Morgan fingerprint density at radius 2 is 1.92 bits per heavy atom. The Hall–Kier alpha value is -2.57. The summed E-state index contributed by atoms with van der Waals surface area (Å²) in [7, 11) is 1.30. The number of amides is 3. The Labute approximate surface area is 147 Å². The molecular weight excluding hydrogens is 322 g/mol. The van der Waals surface area contributed by atoms with Crippen LogP contribution in [-0.2, 0) is 9.53 Å². The smallest absolute Gasteiger partial charge is 0.337 e. The average Bonchev–Trinajstić information content (AvgIpc) is 2.62. The van der Waals surface area contributed by atoms with Gasteiger partial charge < -0.3 is 20.7 Å². The molecule has 1 saturated carbocycles. The Bertz CT molecular complexity index is 612. The molecule has 0 aliphatic heterocycles. The summed E-state index contributed by atoms with van der Waals surface area (Å²) in [5.74, 6) is -0.511. The van der Waals surface area contributed by atoms with E-state index in [4.69, 9.17) is 0 Å². The molecule has 1 aromatic rings. The maximum absolute atomic E-state index is 11.9. The van der Waals surface area contributed by atoms with Crippen LogP contribution in [0, 0.1) is 0 Å². The summed E-state index contributed by atoms with van der Waals surface area (Å²) in [6, 6.07) is 6.30. The zero-order valence-electron chi connectivity index (χ0n) is 14.5. The second-order valence-electron chi connectivity index (χ2n) is 6.11. The lowest BCUT2D eigenvalue weighted by Gasteiger charge is -2.22. The van der Waals surface area contributed by atoms with Crippen LogP contribution < -0.4 is 16.0 Å². The molecule has 0 bridgehead atoms. The SMILES string of the molecule is COC(=O)c1cccc(NC(=O)NCCC(=O)NC2CCCCC2)c1. The summed E-state index contributed by atoms with van der Waals surface area (Å²) in [5.41, 5.74) is 0.833. The van der Waals surface area contributed by atoms with Crippen LogP contribution in [0.25, 0.3) is 0 Å². The van der Waals surface area contributed by atoms with Crippen molar-refractivity contribution in [2.45, 2.75) is 44.6 Å². The highest BCUT2D eigenvalue weighted by Crippen LogP contribution is 2.17. The molecule has 3 amide bonds. The van der Waals surface area contributed by atoms with Gasteiger partial charge in [-0.2, -0.15) is 0 Å². The normalized spacial score (nSPS) is 14.4. The molecule has 0 aromatic heterocycles. The molecule has 7 heteroatoms. The molecule has 2 rings (SSSR count). The minimum Gasteiger partial charge on any atom is -0.465 e. The molecule has 25 heavy (non-hydrogen) atoms. The van der Waals surface area contributed by atoms with Gasteiger partial charge in [-0.25, -0.2) is 9.59 Å². The van der Waals surface area contributed by atoms with E-state index in [0.29, 0.717) is 11.3 Å². The highest BCUT2D eigenvalue weighted by Gasteiger charge is 2.15. The largest absolute Gasteiger partial charge is 0.465 e. The molecule has 1 aliphatic rings. The van der Waals surface area contributed by atoms with Gasteiger partial charge in [0.15, 0.2) is 0 Å². The zero-order valence-corrected chi connectivity index (χ0v) is 14.5. The van der Waals surface area contributed by atoms with Crippen LogP contribution in [0.4, 0.5) is 10.5 Å². The molecule has 0 atom stereocenters. The van der Waals surface area contributed by atoms with Gasteiger partial charge in [0.05, 0.1) is 12.7 Å². The number of carbonyl (C=O) groups is 3. The van der Waals surface area contributed by atoms with E-state index in [1.54, 1.807) is 18.2 Å². The molecule has 7 nitrogen and oxygen atoms in total. The van der Waals surface area contributed by atoms with E-state index < -0.39 is 12.0 Å². The van der Waals surface area contributed by atoms with Crippen molar-refractivity contribution in [2.24, 2.45) is 0 Å². The molecule has 1 aliphatic carbocycles. The highest BCUT2D eigenvalue weighted by atomic mass is 16.5. The van der Waals surface area contributed by atoms with E-state index in [1.807, 2.05) is 0 Å². The summed E-state index contributed by atoms with van der Waals surface area (Å²) in [4.78, 5) is 35.2. The lowest BCUT2D eigenvalue weighted by molar-refractivity contribution is -0.121. The molecule has 0 radical (unpaired) electrons. The molecule has 3 N–H and O–H groups in total. The second-order valence-corrected chi connectivity index (χ2v) is 6.11. The van der Waals surface area contributed by atoms with Crippen LogP contribution in [0.3, 0.4) is 0 Å². The van der Waals surface area contributed by atoms with Gasteiger partial charge in [0.25, 0.3) is 0 Å². The maximum atomic E-state index is 11.9. The van der Waals surface area contributed by atoms with Gasteiger partial charge in [0.2, 0.25) is 5.91 Å². The Kier molecular flexibility index (Phi) is 7.25. The number of esters is 1. The summed E-state index contributed by atoms with van der Waals surface area (Å²) < 4.78 is 4.64. The predicted octanol–water partition coefficient (Wildman–Crippen LogP) is 2.43. The predicted molar refractivity (Wildman–Crippen MR) is 94.4 cm³/mol. The molecule has 1 aromatic carbocycles. The van der Waals surface area contributed by atoms with E-state index in [-0.39, 0.29) is 24.9 Å². The minimum absolute atomic E-state index is 0.0418. The van der Waals surface area contributed by atoms with Crippen molar-refractivity contribution in [3.05, 3.63) is 29.8 Å². The number of hydrogen-bond donors (Lipinski definition) is 3. The van der Waals surface area contributed by atoms with Crippen molar-refractivity contribution in [3.8, 4) is 0 Å². The summed E-state index contributed by atoms with van der Waals surface area (Å²) in [6.45, 7) is 0.251. The van der Waals surface area contributed by atoms with Gasteiger partial charge in [-0.15, -0.1) is 0 Å². The Morgan fingerprint density at radius 1 is 1.16 bits per heavy atom. The third kappa shape index (κ3) is 6.45. The number of methoxy groups -OCH3 is 1. The quantitative estimate of drug-likeness (QED) is 0.689. The number of ether oxygens (including phenoxy) is 1.